The summed E-state index contributed by atoms with van der Waals surface area (Å²) in [5.74, 6) is -4.61. The minimum Gasteiger partial charge on any atom is -0.326 e. The topological polar surface area (TPSA) is 72.2 Å². The number of nitrogens with two attached hydrogens (primary N) is 1. The average molecular weight is 336 g/mol. The number of nitrogens with one attached hydrogen (secondary N) is 1. The van der Waals surface area contributed by atoms with Crippen LogP contribution in [0.3, 0.4) is 0 Å². The summed E-state index contributed by atoms with van der Waals surface area (Å²) in [6.07, 6.45) is 0. The molecule has 0 saturated heterocycles. The molecule has 2 aromatic rings. The third-order valence-electron chi connectivity index (χ3n) is 2.65. The van der Waals surface area contributed by atoms with Crippen LogP contribution in [0.4, 0.5) is 18.9 Å². The molecule has 0 saturated carbocycles. The number of hydrogen-bond donors (Lipinski definition) is 2. The average Bonchev–Trinajstić information content (AvgIpc) is 2.77. The highest BCUT2D eigenvalue weighted by molar-refractivity contribution is 7.93. The molecule has 0 amide bonds. The Kier molecular flexibility index (Phi) is 4.26. The van der Waals surface area contributed by atoms with Crippen molar-refractivity contribution in [3.8, 4) is 0 Å². The first-order valence-electron chi connectivity index (χ1n) is 5.71. The molecule has 9 heteroatoms. The Morgan fingerprint density at radius 1 is 1.19 bits per heavy atom. The maximum Gasteiger partial charge on any atom is 0.263 e. The van der Waals surface area contributed by atoms with E-state index in [1.54, 1.807) is 6.92 Å². The van der Waals surface area contributed by atoms with Crippen molar-refractivity contribution in [1.82, 2.24) is 0 Å². The van der Waals surface area contributed by atoms with Crippen molar-refractivity contribution < 1.29 is 21.6 Å². The largest absolute Gasteiger partial charge is 0.326 e. The van der Waals surface area contributed by atoms with Crippen molar-refractivity contribution in [3.63, 3.8) is 0 Å². The highest BCUT2D eigenvalue weighted by Gasteiger charge is 2.21. The van der Waals surface area contributed by atoms with Crippen LogP contribution in [0.25, 0.3) is 0 Å². The summed E-state index contributed by atoms with van der Waals surface area (Å²) in [4.78, 5) is 1.12. The van der Waals surface area contributed by atoms with Crippen molar-refractivity contribution in [1.29, 1.82) is 0 Å². The zero-order chi connectivity index (χ0) is 15.8. The lowest BCUT2D eigenvalue weighted by Gasteiger charge is -2.08. The normalized spacial score (nSPS) is 11.7. The molecule has 1 aromatic heterocycles. The summed E-state index contributed by atoms with van der Waals surface area (Å²) < 4.78 is 65.4. The van der Waals surface area contributed by atoms with Gasteiger partial charge in [-0.2, -0.15) is 0 Å². The second kappa shape index (κ2) is 5.66. The molecule has 114 valence electrons. The molecule has 0 fully saturated rings. The van der Waals surface area contributed by atoms with E-state index in [9.17, 15) is 21.6 Å². The number of anilines is 1. The molecule has 0 aliphatic rings. The van der Waals surface area contributed by atoms with Crippen molar-refractivity contribution in [2.24, 2.45) is 5.73 Å². The van der Waals surface area contributed by atoms with E-state index in [0.29, 0.717) is 21.9 Å². The molecule has 4 nitrogen and oxygen atoms in total. The molecule has 0 radical (unpaired) electrons. The van der Waals surface area contributed by atoms with E-state index >= 15 is 0 Å². The standard InChI is InChI=1S/C12H11F3N2O2S2/c1-6-11(4-8(5-16)20-6)21(18,19)17-7-2-9(13)12(15)10(14)3-7/h2-4,17H,5,16H2,1H3. The summed E-state index contributed by atoms with van der Waals surface area (Å²) in [5, 5.41) is 0. The molecular formula is C12H11F3N2O2S2. The Morgan fingerprint density at radius 3 is 2.24 bits per heavy atom. The third-order valence-corrected chi connectivity index (χ3v) is 5.36. The maximum absolute atomic E-state index is 13.1. The molecular weight excluding hydrogens is 325 g/mol. The van der Waals surface area contributed by atoms with E-state index in [-0.39, 0.29) is 11.4 Å². The molecule has 2 rings (SSSR count). The van der Waals surface area contributed by atoms with E-state index in [1.807, 2.05) is 4.72 Å². The molecule has 0 aliphatic heterocycles. The zero-order valence-electron chi connectivity index (χ0n) is 10.8. The summed E-state index contributed by atoms with van der Waals surface area (Å²) >= 11 is 1.21. The van der Waals surface area contributed by atoms with Crippen LogP contribution in [0.1, 0.15) is 9.75 Å². The number of aryl methyl sites for hydroxylation is 1. The molecule has 1 aromatic carbocycles. The predicted molar refractivity (Wildman–Crippen MR) is 74.1 cm³/mol. The predicted octanol–water partition coefficient (Wildman–Crippen LogP) is 2.73. The minimum atomic E-state index is -4.03. The number of benzene rings is 1. The minimum absolute atomic E-state index is 0.0295. The van der Waals surface area contributed by atoms with Gasteiger partial charge in [0.2, 0.25) is 0 Å². The van der Waals surface area contributed by atoms with Gasteiger partial charge in [-0.05, 0) is 13.0 Å². The molecule has 0 bridgehead atoms. The van der Waals surface area contributed by atoms with Crippen molar-refractivity contribution in [2.75, 3.05) is 4.72 Å². The smallest absolute Gasteiger partial charge is 0.263 e. The summed E-state index contributed by atoms with van der Waals surface area (Å²) in [5.41, 5.74) is 5.04. The fourth-order valence-corrected chi connectivity index (χ4v) is 4.27. The first-order chi connectivity index (χ1) is 9.74. The summed E-state index contributed by atoms with van der Waals surface area (Å²) in [6, 6.07) is 2.53. The van der Waals surface area contributed by atoms with Crippen LogP contribution in [0.2, 0.25) is 0 Å². The summed E-state index contributed by atoms with van der Waals surface area (Å²) in [6.45, 7) is 1.77. The lowest BCUT2D eigenvalue weighted by atomic mass is 10.3. The van der Waals surface area contributed by atoms with Gasteiger partial charge in [0, 0.05) is 28.4 Å². The van der Waals surface area contributed by atoms with E-state index in [0.717, 1.165) is 0 Å². The second-order valence-corrected chi connectivity index (χ2v) is 7.19. The number of rotatable bonds is 4. The molecule has 1 heterocycles. The molecule has 3 N–H and O–H groups in total. The van der Waals surface area contributed by atoms with E-state index < -0.39 is 33.2 Å². The quantitative estimate of drug-likeness (QED) is 0.843. The van der Waals surface area contributed by atoms with E-state index in [2.05, 4.69) is 0 Å². The first kappa shape index (κ1) is 15.8. The highest BCUT2D eigenvalue weighted by atomic mass is 32.2. The molecule has 0 atom stereocenters. The van der Waals surface area contributed by atoms with Crippen LogP contribution < -0.4 is 10.5 Å². The van der Waals surface area contributed by atoms with Crippen LogP contribution >= 0.6 is 11.3 Å². The van der Waals surface area contributed by atoms with Crippen LogP contribution in [0.5, 0.6) is 0 Å². The lowest BCUT2D eigenvalue weighted by Crippen LogP contribution is -2.14. The monoisotopic (exact) mass is 336 g/mol. The number of sulfonamides is 1. The Bertz CT molecular complexity index is 765. The van der Waals surface area contributed by atoms with Crippen molar-refractivity contribution in [3.05, 3.63) is 45.4 Å². The Hall–Kier alpha value is -1.58. The Morgan fingerprint density at radius 2 is 1.76 bits per heavy atom. The highest BCUT2D eigenvalue weighted by Crippen LogP contribution is 2.28. The SMILES string of the molecule is Cc1sc(CN)cc1S(=O)(=O)Nc1cc(F)c(F)c(F)c1. The fourth-order valence-electron chi connectivity index (χ4n) is 1.72. The zero-order valence-corrected chi connectivity index (χ0v) is 12.4. The maximum atomic E-state index is 13.1. The van der Waals surface area contributed by atoms with Gasteiger partial charge >= 0.3 is 0 Å². The van der Waals surface area contributed by atoms with Gasteiger partial charge in [0.05, 0.1) is 5.69 Å². The number of halogens is 3. The van der Waals surface area contributed by atoms with Gasteiger partial charge in [0.1, 0.15) is 4.90 Å². The van der Waals surface area contributed by atoms with Crippen LogP contribution in [-0.4, -0.2) is 8.42 Å². The molecule has 0 spiro atoms. The van der Waals surface area contributed by atoms with Crippen molar-refractivity contribution in [2.45, 2.75) is 18.4 Å². The van der Waals surface area contributed by atoms with Crippen molar-refractivity contribution >= 4 is 27.0 Å². The lowest BCUT2D eigenvalue weighted by molar-refractivity contribution is 0.448. The summed E-state index contributed by atoms with van der Waals surface area (Å²) in [7, 11) is -4.03. The van der Waals surface area contributed by atoms with Gasteiger partial charge in [-0.1, -0.05) is 0 Å². The first-order valence-corrected chi connectivity index (χ1v) is 8.01. The van der Waals surface area contributed by atoms with Crippen LogP contribution in [0, 0.1) is 24.4 Å². The van der Waals surface area contributed by atoms with Crippen LogP contribution in [-0.2, 0) is 16.6 Å². The van der Waals surface area contributed by atoms with Gasteiger partial charge in [-0.15, -0.1) is 11.3 Å². The van der Waals surface area contributed by atoms with E-state index in [4.69, 9.17) is 5.73 Å². The van der Waals surface area contributed by atoms with E-state index in [1.165, 1.54) is 17.4 Å². The van der Waals surface area contributed by atoms with Crippen LogP contribution in [0.15, 0.2) is 23.1 Å². The third kappa shape index (κ3) is 3.20. The molecule has 0 unspecified atom stereocenters. The molecule has 21 heavy (non-hydrogen) atoms. The number of thiophene rings is 1. The van der Waals surface area contributed by atoms with Gasteiger partial charge < -0.3 is 5.73 Å². The van der Waals surface area contributed by atoms with Gasteiger partial charge in [0.25, 0.3) is 10.0 Å². The Labute approximate surface area is 123 Å². The Balaban J connectivity index is 2.39. The van der Waals surface area contributed by atoms with Gasteiger partial charge in [-0.3, -0.25) is 4.72 Å². The molecule has 0 aliphatic carbocycles. The second-order valence-electron chi connectivity index (χ2n) is 4.20. The number of hydrogen-bond acceptors (Lipinski definition) is 4. The van der Waals surface area contributed by atoms with Gasteiger partial charge in [0.15, 0.2) is 17.5 Å². The fraction of sp³-hybridized carbons (Fsp3) is 0.167. The van der Waals surface area contributed by atoms with Gasteiger partial charge in [-0.25, -0.2) is 21.6 Å².